The van der Waals surface area contributed by atoms with Gasteiger partial charge in [0.2, 0.25) is 0 Å². The Kier molecular flexibility index (Phi) is 2.83. The average Bonchev–Trinajstić information content (AvgIpc) is 2.89. The fourth-order valence-corrected chi connectivity index (χ4v) is 4.30. The van der Waals surface area contributed by atoms with Gasteiger partial charge in [0.15, 0.2) is 10.7 Å². The Labute approximate surface area is 135 Å². The third kappa shape index (κ3) is 1.65. The monoisotopic (exact) mass is 367 g/mol. The number of thiocarbonyl (C=S) groups is 1. The summed E-state index contributed by atoms with van der Waals surface area (Å²) in [6.45, 7) is 1.64. The zero-order valence-corrected chi connectivity index (χ0v) is 13.6. The molecule has 0 saturated carbocycles. The molecule has 4 rings (SSSR count). The summed E-state index contributed by atoms with van der Waals surface area (Å²) >= 11 is 8.68. The number of ether oxygens (including phenoxy) is 1. The van der Waals surface area contributed by atoms with E-state index in [-0.39, 0.29) is 5.91 Å². The van der Waals surface area contributed by atoms with Crippen molar-refractivity contribution in [3.8, 4) is 5.75 Å². The third-order valence-corrected chi connectivity index (χ3v) is 5.31. The molecule has 1 unspecified atom stereocenters. The third-order valence-electron chi connectivity index (χ3n) is 4.61. The highest BCUT2D eigenvalue weighted by molar-refractivity contribution is 9.10. The van der Waals surface area contributed by atoms with E-state index < -0.39 is 11.1 Å². The molecular formula is C14H14BrN3O2S. The molecule has 0 aliphatic carbocycles. The Hall–Kier alpha value is -1.18. The molecule has 2 fully saturated rings. The minimum absolute atomic E-state index is 0.119. The maximum Gasteiger partial charge on any atom is 0.260 e. The molecule has 110 valence electrons. The van der Waals surface area contributed by atoms with Gasteiger partial charge in [-0.05, 0) is 43.5 Å². The van der Waals surface area contributed by atoms with E-state index in [1.807, 2.05) is 18.2 Å². The van der Waals surface area contributed by atoms with E-state index in [9.17, 15) is 4.79 Å². The van der Waals surface area contributed by atoms with E-state index in [0.717, 1.165) is 41.7 Å². The molecule has 1 aromatic rings. The van der Waals surface area contributed by atoms with E-state index in [1.165, 1.54) is 0 Å². The molecule has 3 aliphatic heterocycles. The molecule has 1 aromatic carbocycles. The predicted octanol–water partition coefficient (Wildman–Crippen LogP) is 1.16. The molecule has 7 heteroatoms. The SMILES string of the molecule is O=C1NC(=S)NC12c1cc(Br)ccc1OC21CCNCC1. The molecule has 0 bridgehead atoms. The van der Waals surface area contributed by atoms with Crippen LogP contribution in [-0.2, 0) is 10.3 Å². The van der Waals surface area contributed by atoms with E-state index >= 15 is 0 Å². The normalized spacial score (nSPS) is 29.2. The Morgan fingerprint density at radius 2 is 2.05 bits per heavy atom. The van der Waals surface area contributed by atoms with Crippen molar-refractivity contribution in [2.45, 2.75) is 24.0 Å². The molecular weight excluding hydrogens is 354 g/mol. The fourth-order valence-electron chi connectivity index (χ4n) is 3.69. The first kappa shape index (κ1) is 13.5. The summed E-state index contributed by atoms with van der Waals surface area (Å²) in [6.07, 6.45) is 1.50. The number of fused-ring (bicyclic) bond motifs is 3. The predicted molar refractivity (Wildman–Crippen MR) is 85.2 cm³/mol. The van der Waals surface area contributed by atoms with Crippen molar-refractivity contribution in [3.05, 3.63) is 28.2 Å². The Bertz CT molecular complexity index is 660. The van der Waals surface area contributed by atoms with Crippen molar-refractivity contribution in [1.82, 2.24) is 16.0 Å². The molecule has 1 atom stereocenters. The number of halogens is 1. The van der Waals surface area contributed by atoms with Crippen molar-refractivity contribution < 1.29 is 9.53 Å². The van der Waals surface area contributed by atoms with E-state index in [4.69, 9.17) is 17.0 Å². The summed E-state index contributed by atoms with van der Waals surface area (Å²) in [5.74, 6) is 0.638. The molecule has 2 spiro atoms. The van der Waals surface area contributed by atoms with E-state index in [1.54, 1.807) is 0 Å². The molecule has 2 saturated heterocycles. The Morgan fingerprint density at radius 3 is 2.71 bits per heavy atom. The number of hydrogen-bond acceptors (Lipinski definition) is 4. The molecule has 0 aromatic heterocycles. The number of carbonyl (C=O) groups is 1. The number of benzene rings is 1. The molecule has 0 radical (unpaired) electrons. The van der Waals surface area contributed by atoms with E-state index in [0.29, 0.717) is 5.11 Å². The smallest absolute Gasteiger partial charge is 0.260 e. The van der Waals surface area contributed by atoms with Gasteiger partial charge in [0.1, 0.15) is 11.4 Å². The maximum atomic E-state index is 12.8. The Balaban J connectivity index is 1.95. The number of nitrogens with one attached hydrogen (secondary N) is 3. The molecule has 5 nitrogen and oxygen atoms in total. The van der Waals surface area contributed by atoms with Crippen LogP contribution in [0.5, 0.6) is 5.75 Å². The number of piperidine rings is 1. The highest BCUT2D eigenvalue weighted by Crippen LogP contribution is 2.53. The molecule has 1 amide bonds. The van der Waals surface area contributed by atoms with Crippen molar-refractivity contribution in [1.29, 1.82) is 0 Å². The van der Waals surface area contributed by atoms with Gasteiger partial charge >= 0.3 is 0 Å². The highest BCUT2D eigenvalue weighted by atomic mass is 79.9. The second-order valence-electron chi connectivity index (χ2n) is 5.65. The first-order valence-electron chi connectivity index (χ1n) is 6.91. The van der Waals surface area contributed by atoms with Gasteiger partial charge in [-0.25, -0.2) is 0 Å². The summed E-state index contributed by atoms with van der Waals surface area (Å²) in [5.41, 5.74) is -0.659. The standard InChI is InChI=1S/C14H14BrN3O2S/c15-8-1-2-10-9(7-8)14(11(19)17-12(21)18-14)13(20-10)3-5-16-6-4-13/h1-2,7,16H,3-6H2,(H2,17,18,19,21). The van der Waals surface area contributed by atoms with Gasteiger partial charge in [-0.15, -0.1) is 0 Å². The summed E-state index contributed by atoms with van der Waals surface area (Å²) in [6, 6.07) is 5.79. The topological polar surface area (TPSA) is 62.4 Å². The van der Waals surface area contributed by atoms with Crippen molar-refractivity contribution >= 4 is 39.2 Å². The van der Waals surface area contributed by atoms with Gasteiger partial charge in [-0.1, -0.05) is 15.9 Å². The van der Waals surface area contributed by atoms with Gasteiger partial charge in [0, 0.05) is 22.9 Å². The quantitative estimate of drug-likeness (QED) is 0.600. The first-order chi connectivity index (χ1) is 10.1. The lowest BCUT2D eigenvalue weighted by atomic mass is 9.71. The minimum Gasteiger partial charge on any atom is -0.483 e. The van der Waals surface area contributed by atoms with Crippen LogP contribution in [0.2, 0.25) is 0 Å². The molecule has 3 aliphatic rings. The number of amides is 1. The number of hydrogen-bond donors (Lipinski definition) is 3. The Morgan fingerprint density at radius 1 is 1.29 bits per heavy atom. The summed E-state index contributed by atoms with van der Waals surface area (Å²) in [7, 11) is 0. The maximum absolute atomic E-state index is 12.8. The molecule has 21 heavy (non-hydrogen) atoms. The zero-order chi connectivity index (χ0) is 14.7. The lowest BCUT2D eigenvalue weighted by Crippen LogP contribution is -2.64. The van der Waals surface area contributed by atoms with E-state index in [2.05, 4.69) is 31.9 Å². The summed E-state index contributed by atoms with van der Waals surface area (Å²) in [5, 5.41) is 9.66. The summed E-state index contributed by atoms with van der Waals surface area (Å²) in [4.78, 5) is 12.8. The number of carbonyl (C=O) groups excluding carboxylic acids is 1. The second-order valence-corrected chi connectivity index (χ2v) is 6.97. The van der Waals surface area contributed by atoms with Crippen LogP contribution < -0.4 is 20.7 Å². The van der Waals surface area contributed by atoms with Crippen LogP contribution in [0, 0.1) is 0 Å². The van der Waals surface area contributed by atoms with Gasteiger partial charge in [0.25, 0.3) is 5.91 Å². The van der Waals surface area contributed by atoms with Gasteiger partial charge in [-0.3, -0.25) is 4.79 Å². The van der Waals surface area contributed by atoms with Crippen molar-refractivity contribution in [2.75, 3.05) is 13.1 Å². The van der Waals surface area contributed by atoms with Gasteiger partial charge in [-0.2, -0.15) is 0 Å². The first-order valence-corrected chi connectivity index (χ1v) is 8.11. The lowest BCUT2D eigenvalue weighted by Gasteiger charge is -2.42. The van der Waals surface area contributed by atoms with Crippen LogP contribution in [0.15, 0.2) is 22.7 Å². The van der Waals surface area contributed by atoms with Crippen molar-refractivity contribution in [2.24, 2.45) is 0 Å². The second kappa shape index (κ2) is 4.41. The van der Waals surface area contributed by atoms with Crippen molar-refractivity contribution in [3.63, 3.8) is 0 Å². The molecule has 3 heterocycles. The fraction of sp³-hybridized carbons (Fsp3) is 0.429. The largest absolute Gasteiger partial charge is 0.483 e. The summed E-state index contributed by atoms with van der Waals surface area (Å²) < 4.78 is 7.22. The average molecular weight is 368 g/mol. The van der Waals surface area contributed by atoms with Crippen LogP contribution in [0.25, 0.3) is 0 Å². The minimum atomic E-state index is -0.925. The van der Waals surface area contributed by atoms with Gasteiger partial charge in [0.05, 0.1) is 0 Å². The van der Waals surface area contributed by atoms with Crippen LogP contribution in [0.4, 0.5) is 0 Å². The van der Waals surface area contributed by atoms with Crippen LogP contribution in [0.3, 0.4) is 0 Å². The van der Waals surface area contributed by atoms with Gasteiger partial charge < -0.3 is 20.7 Å². The van der Waals surface area contributed by atoms with Crippen LogP contribution in [0.1, 0.15) is 18.4 Å². The van der Waals surface area contributed by atoms with Crippen LogP contribution in [-0.4, -0.2) is 29.7 Å². The highest BCUT2D eigenvalue weighted by Gasteiger charge is 2.67. The van der Waals surface area contributed by atoms with Crippen LogP contribution >= 0.6 is 28.1 Å². The zero-order valence-electron chi connectivity index (χ0n) is 11.2. The molecule has 3 N–H and O–H groups in total. The lowest BCUT2D eigenvalue weighted by molar-refractivity contribution is -0.132. The number of rotatable bonds is 0.